The number of epoxide rings is 1. The zero-order chi connectivity index (χ0) is 8.10. The minimum absolute atomic E-state index is 0.269. The lowest BCUT2D eigenvalue weighted by Crippen LogP contribution is -2.06. The first-order valence-corrected chi connectivity index (χ1v) is 4.06. The van der Waals surface area contributed by atoms with Crippen LogP contribution < -0.4 is 0 Å². The van der Waals surface area contributed by atoms with Gasteiger partial charge in [0, 0.05) is 6.42 Å². The predicted octanol–water partition coefficient (Wildman–Crippen LogP) is 0.505. The van der Waals surface area contributed by atoms with E-state index in [0.29, 0.717) is 6.10 Å². The van der Waals surface area contributed by atoms with Crippen molar-refractivity contribution in [3.05, 3.63) is 0 Å². The van der Waals surface area contributed by atoms with E-state index in [0.717, 1.165) is 32.2 Å². The van der Waals surface area contributed by atoms with Crippen LogP contribution in [-0.4, -0.2) is 30.2 Å². The highest BCUT2D eigenvalue weighted by Crippen LogP contribution is 2.17. The van der Waals surface area contributed by atoms with Crippen molar-refractivity contribution in [2.45, 2.75) is 37.9 Å². The molecule has 64 valence electrons. The molecular formula is C8H14O3. The largest absolute Gasteiger partial charge is 0.393 e. The summed E-state index contributed by atoms with van der Waals surface area (Å²) in [5.74, 6) is 0. The summed E-state index contributed by atoms with van der Waals surface area (Å²) in [7, 11) is 0. The van der Waals surface area contributed by atoms with E-state index in [-0.39, 0.29) is 6.42 Å². The van der Waals surface area contributed by atoms with Crippen LogP contribution in [0.2, 0.25) is 0 Å². The molecule has 0 aromatic heterocycles. The van der Waals surface area contributed by atoms with Gasteiger partial charge in [-0.15, -0.1) is 0 Å². The molecule has 0 aromatic rings. The molecule has 1 N–H and O–H groups in total. The van der Waals surface area contributed by atoms with Crippen LogP contribution in [0.25, 0.3) is 0 Å². The lowest BCUT2D eigenvalue weighted by Gasteiger charge is -2.04. The molecular weight excluding hydrogens is 144 g/mol. The smallest absolute Gasteiger partial charge is 0.122 e. The Kier molecular flexibility index (Phi) is 3.52. The molecule has 0 spiro atoms. The van der Waals surface area contributed by atoms with Crippen LogP contribution in [0.4, 0.5) is 0 Å². The molecule has 3 nitrogen and oxygen atoms in total. The van der Waals surface area contributed by atoms with Crippen LogP contribution in [0, 0.1) is 0 Å². The third kappa shape index (κ3) is 4.11. The topological polar surface area (TPSA) is 49.8 Å². The van der Waals surface area contributed by atoms with Crippen molar-refractivity contribution < 1.29 is 14.6 Å². The fourth-order valence-electron chi connectivity index (χ4n) is 1.04. The number of hydrogen-bond donors (Lipinski definition) is 1. The van der Waals surface area contributed by atoms with Crippen LogP contribution in [0.5, 0.6) is 0 Å². The molecule has 1 aliphatic rings. The van der Waals surface area contributed by atoms with E-state index in [1.165, 1.54) is 0 Å². The Balaban J connectivity index is 1.87. The van der Waals surface area contributed by atoms with Crippen LogP contribution in [-0.2, 0) is 9.53 Å². The molecule has 0 radical (unpaired) electrons. The summed E-state index contributed by atoms with van der Waals surface area (Å²) in [4.78, 5) is 9.94. The van der Waals surface area contributed by atoms with Gasteiger partial charge in [0.15, 0.2) is 0 Å². The van der Waals surface area contributed by atoms with Crippen molar-refractivity contribution >= 4 is 6.29 Å². The first-order chi connectivity index (χ1) is 5.33. The van der Waals surface area contributed by atoms with Gasteiger partial charge in [-0.25, -0.2) is 0 Å². The minimum atomic E-state index is -0.439. The second kappa shape index (κ2) is 4.46. The van der Waals surface area contributed by atoms with Gasteiger partial charge in [-0.2, -0.15) is 0 Å². The van der Waals surface area contributed by atoms with E-state index in [9.17, 15) is 4.79 Å². The quantitative estimate of drug-likeness (QED) is 0.452. The van der Waals surface area contributed by atoms with Gasteiger partial charge >= 0.3 is 0 Å². The zero-order valence-corrected chi connectivity index (χ0v) is 6.53. The van der Waals surface area contributed by atoms with Crippen LogP contribution in [0.15, 0.2) is 0 Å². The average Bonchev–Trinajstić information content (AvgIpc) is 2.72. The Bertz CT molecular complexity index is 121. The van der Waals surface area contributed by atoms with E-state index >= 15 is 0 Å². The van der Waals surface area contributed by atoms with E-state index < -0.39 is 6.10 Å². The molecule has 2 atom stereocenters. The predicted molar refractivity (Wildman–Crippen MR) is 40.3 cm³/mol. The molecule has 1 aliphatic heterocycles. The molecule has 3 heteroatoms. The van der Waals surface area contributed by atoms with Crippen molar-refractivity contribution in [1.82, 2.24) is 0 Å². The fraction of sp³-hybridized carbons (Fsp3) is 0.875. The maximum absolute atomic E-state index is 9.94. The number of hydrogen-bond acceptors (Lipinski definition) is 3. The Morgan fingerprint density at radius 2 is 2.45 bits per heavy atom. The second-order valence-corrected chi connectivity index (χ2v) is 2.94. The van der Waals surface area contributed by atoms with Crippen LogP contribution in [0.3, 0.4) is 0 Å². The molecule has 0 amide bonds. The van der Waals surface area contributed by atoms with E-state index in [1.807, 2.05) is 0 Å². The van der Waals surface area contributed by atoms with Gasteiger partial charge in [-0.1, -0.05) is 0 Å². The Labute approximate surface area is 66.4 Å². The van der Waals surface area contributed by atoms with Crippen molar-refractivity contribution in [3.8, 4) is 0 Å². The maximum atomic E-state index is 9.94. The highest BCUT2D eigenvalue weighted by Gasteiger charge is 2.21. The molecule has 0 aromatic carbocycles. The van der Waals surface area contributed by atoms with E-state index in [4.69, 9.17) is 9.84 Å². The van der Waals surface area contributed by atoms with Gasteiger partial charge in [0.05, 0.1) is 18.8 Å². The van der Waals surface area contributed by atoms with Crippen molar-refractivity contribution in [2.24, 2.45) is 0 Å². The normalized spacial score (nSPS) is 24.6. The monoisotopic (exact) mass is 158 g/mol. The Hall–Kier alpha value is -0.410. The number of ether oxygens (including phenoxy) is 1. The van der Waals surface area contributed by atoms with Gasteiger partial charge in [-0.05, 0) is 19.3 Å². The Morgan fingerprint density at radius 3 is 3.00 bits per heavy atom. The summed E-state index contributed by atoms with van der Waals surface area (Å²) in [6.07, 6.45) is 3.74. The lowest BCUT2D eigenvalue weighted by atomic mass is 10.1. The molecule has 1 rings (SSSR count). The third-order valence-electron chi connectivity index (χ3n) is 1.83. The highest BCUT2D eigenvalue weighted by molar-refractivity contribution is 5.49. The summed E-state index contributed by atoms with van der Waals surface area (Å²) in [6, 6.07) is 0. The molecule has 11 heavy (non-hydrogen) atoms. The van der Waals surface area contributed by atoms with Crippen molar-refractivity contribution in [1.29, 1.82) is 0 Å². The summed E-state index contributed by atoms with van der Waals surface area (Å²) < 4.78 is 5.00. The number of carbonyl (C=O) groups is 1. The third-order valence-corrected chi connectivity index (χ3v) is 1.83. The molecule has 1 heterocycles. The SMILES string of the molecule is O=CC[C@@H](O)CCC[C@@H]1CO1. The Morgan fingerprint density at radius 1 is 1.73 bits per heavy atom. The van der Waals surface area contributed by atoms with Crippen molar-refractivity contribution in [3.63, 3.8) is 0 Å². The molecule has 0 saturated carbocycles. The minimum Gasteiger partial charge on any atom is -0.393 e. The summed E-state index contributed by atoms with van der Waals surface area (Å²) in [5.41, 5.74) is 0. The number of aliphatic hydroxyl groups is 1. The number of aldehydes is 1. The van der Waals surface area contributed by atoms with E-state index in [2.05, 4.69) is 0 Å². The van der Waals surface area contributed by atoms with Crippen molar-refractivity contribution in [2.75, 3.05) is 6.61 Å². The van der Waals surface area contributed by atoms with E-state index in [1.54, 1.807) is 0 Å². The van der Waals surface area contributed by atoms with Gasteiger partial charge in [-0.3, -0.25) is 0 Å². The number of rotatable bonds is 6. The average molecular weight is 158 g/mol. The summed E-state index contributed by atoms with van der Waals surface area (Å²) in [5, 5.41) is 9.11. The number of aliphatic hydroxyl groups excluding tert-OH is 1. The molecule has 0 bridgehead atoms. The fourth-order valence-corrected chi connectivity index (χ4v) is 1.04. The van der Waals surface area contributed by atoms with Crippen LogP contribution in [0.1, 0.15) is 25.7 Å². The summed E-state index contributed by atoms with van der Waals surface area (Å²) >= 11 is 0. The van der Waals surface area contributed by atoms with Gasteiger partial charge in [0.1, 0.15) is 6.29 Å². The standard InChI is InChI=1S/C8H14O3/c9-5-4-7(10)2-1-3-8-6-11-8/h5,7-8,10H,1-4,6H2/t7-,8+/m0/s1. The highest BCUT2D eigenvalue weighted by atomic mass is 16.6. The molecule has 1 saturated heterocycles. The lowest BCUT2D eigenvalue weighted by molar-refractivity contribution is -0.109. The molecule has 0 unspecified atom stereocenters. The maximum Gasteiger partial charge on any atom is 0.122 e. The summed E-state index contributed by atoms with van der Waals surface area (Å²) in [6.45, 7) is 0.879. The molecule has 0 aliphatic carbocycles. The number of carbonyl (C=O) groups excluding carboxylic acids is 1. The second-order valence-electron chi connectivity index (χ2n) is 2.94. The molecule has 1 fully saturated rings. The van der Waals surface area contributed by atoms with Gasteiger partial charge < -0.3 is 14.6 Å². The van der Waals surface area contributed by atoms with Crippen LogP contribution >= 0.6 is 0 Å². The first kappa shape index (κ1) is 8.68. The first-order valence-electron chi connectivity index (χ1n) is 4.06. The van der Waals surface area contributed by atoms with Gasteiger partial charge in [0.2, 0.25) is 0 Å². The van der Waals surface area contributed by atoms with Gasteiger partial charge in [0.25, 0.3) is 0 Å². The zero-order valence-electron chi connectivity index (χ0n) is 6.53.